The van der Waals surface area contributed by atoms with Gasteiger partial charge >= 0.3 is 11.9 Å². The van der Waals surface area contributed by atoms with E-state index in [2.05, 4.69) is 62.5 Å². The predicted octanol–water partition coefficient (Wildman–Crippen LogP) is 13.4. The Labute approximate surface area is 309 Å². The van der Waals surface area contributed by atoms with E-state index < -0.39 is 6.10 Å². The summed E-state index contributed by atoms with van der Waals surface area (Å²) in [6.07, 6.45) is 51.8. The van der Waals surface area contributed by atoms with Crippen molar-refractivity contribution in [3.63, 3.8) is 0 Å². The van der Waals surface area contributed by atoms with Crippen LogP contribution < -0.4 is 0 Å². The first-order valence-electron chi connectivity index (χ1n) is 21.2. The molecular formula is C45H80O5. The van der Waals surface area contributed by atoms with Crippen LogP contribution in [-0.2, 0) is 19.1 Å². The van der Waals surface area contributed by atoms with Crippen LogP contribution in [0.4, 0.5) is 0 Å². The Kier molecular flexibility index (Phi) is 39.5. The van der Waals surface area contributed by atoms with Gasteiger partial charge in [-0.3, -0.25) is 9.59 Å². The maximum Gasteiger partial charge on any atom is 0.306 e. The zero-order valence-electron chi connectivity index (χ0n) is 32.9. The minimum Gasteiger partial charge on any atom is -0.462 e. The van der Waals surface area contributed by atoms with Crippen molar-refractivity contribution in [2.45, 2.75) is 213 Å². The third-order valence-corrected chi connectivity index (χ3v) is 9.10. The van der Waals surface area contributed by atoms with Gasteiger partial charge in [0.1, 0.15) is 6.61 Å². The van der Waals surface area contributed by atoms with Crippen LogP contribution in [0.2, 0.25) is 0 Å². The number of unbranched alkanes of at least 4 members (excludes halogenated alkanes) is 22. The number of ether oxygens (including phenoxy) is 2. The van der Waals surface area contributed by atoms with E-state index in [9.17, 15) is 14.7 Å². The maximum absolute atomic E-state index is 12.2. The smallest absolute Gasteiger partial charge is 0.306 e. The molecule has 0 rings (SSSR count). The third kappa shape index (κ3) is 38.7. The second-order valence-corrected chi connectivity index (χ2v) is 14.1. The number of carbonyl (C=O) groups is 2. The van der Waals surface area contributed by atoms with Crippen LogP contribution in [0.3, 0.4) is 0 Å². The second-order valence-electron chi connectivity index (χ2n) is 14.1. The van der Waals surface area contributed by atoms with Crippen LogP contribution in [0.25, 0.3) is 0 Å². The maximum atomic E-state index is 12.2. The van der Waals surface area contributed by atoms with Crippen molar-refractivity contribution >= 4 is 11.9 Å². The molecule has 5 heteroatoms. The van der Waals surface area contributed by atoms with Crippen molar-refractivity contribution < 1.29 is 24.2 Å². The van der Waals surface area contributed by atoms with Crippen LogP contribution in [-0.4, -0.2) is 36.4 Å². The molecule has 0 saturated heterocycles. The highest BCUT2D eigenvalue weighted by atomic mass is 16.6. The quantitative estimate of drug-likeness (QED) is 0.0394. The van der Waals surface area contributed by atoms with Crippen LogP contribution >= 0.6 is 0 Å². The van der Waals surface area contributed by atoms with Crippen LogP contribution in [0.1, 0.15) is 206 Å². The standard InChI is InChI=1S/C45H80O5/c1-3-5-7-9-11-13-15-17-19-21-22-24-26-28-30-32-34-36-38-40-45(48)50-43(41-46)42-49-44(47)39-37-35-33-31-29-27-25-23-20-18-16-14-12-10-8-6-4-2/h17-20,25,27,31,33,43,46H,3-16,21-24,26,28-30,32,34-42H2,1-2H3. The average Bonchev–Trinajstić information content (AvgIpc) is 3.12. The van der Waals surface area contributed by atoms with Gasteiger partial charge in [-0.15, -0.1) is 0 Å². The molecule has 0 spiro atoms. The van der Waals surface area contributed by atoms with Gasteiger partial charge in [0.15, 0.2) is 6.10 Å². The average molecular weight is 701 g/mol. The molecule has 0 saturated carbocycles. The number of carbonyl (C=O) groups excluding carboxylic acids is 2. The van der Waals surface area contributed by atoms with Gasteiger partial charge in [-0.2, -0.15) is 0 Å². The van der Waals surface area contributed by atoms with Gasteiger partial charge < -0.3 is 14.6 Å². The first kappa shape index (κ1) is 47.9. The van der Waals surface area contributed by atoms with Gasteiger partial charge in [0.25, 0.3) is 0 Å². The lowest BCUT2D eigenvalue weighted by Crippen LogP contribution is -2.28. The van der Waals surface area contributed by atoms with E-state index in [1.807, 2.05) is 0 Å². The third-order valence-electron chi connectivity index (χ3n) is 9.10. The second kappa shape index (κ2) is 41.3. The summed E-state index contributed by atoms with van der Waals surface area (Å²) < 4.78 is 10.6. The SMILES string of the molecule is CCCCCCCCC=CCC=CCC=CCCCC(=O)OCC(CO)OC(=O)CCCCCCCCCCCC=CCCCCCCCC. The summed E-state index contributed by atoms with van der Waals surface area (Å²) in [6, 6.07) is 0. The van der Waals surface area contributed by atoms with Crippen molar-refractivity contribution in [3.8, 4) is 0 Å². The Morgan fingerprint density at radius 1 is 0.460 bits per heavy atom. The monoisotopic (exact) mass is 701 g/mol. The minimum atomic E-state index is -0.792. The Hall–Kier alpha value is -2.14. The summed E-state index contributed by atoms with van der Waals surface area (Å²) in [7, 11) is 0. The first-order valence-corrected chi connectivity index (χ1v) is 21.2. The van der Waals surface area contributed by atoms with E-state index in [1.165, 1.54) is 135 Å². The van der Waals surface area contributed by atoms with Crippen molar-refractivity contribution in [2.24, 2.45) is 0 Å². The molecule has 5 nitrogen and oxygen atoms in total. The molecule has 0 heterocycles. The molecular weight excluding hydrogens is 620 g/mol. The van der Waals surface area contributed by atoms with E-state index in [-0.39, 0.29) is 25.2 Å². The van der Waals surface area contributed by atoms with Crippen LogP contribution in [0.15, 0.2) is 48.6 Å². The molecule has 1 unspecified atom stereocenters. The number of rotatable bonds is 38. The highest BCUT2D eigenvalue weighted by Gasteiger charge is 2.16. The van der Waals surface area contributed by atoms with Crippen molar-refractivity contribution in [2.75, 3.05) is 13.2 Å². The van der Waals surface area contributed by atoms with Crippen molar-refractivity contribution in [1.82, 2.24) is 0 Å². The number of allylic oxidation sites excluding steroid dienone is 8. The molecule has 50 heavy (non-hydrogen) atoms. The fourth-order valence-electron chi connectivity index (χ4n) is 5.86. The molecule has 0 aliphatic heterocycles. The van der Waals surface area contributed by atoms with Crippen molar-refractivity contribution in [3.05, 3.63) is 48.6 Å². The zero-order valence-corrected chi connectivity index (χ0v) is 32.9. The zero-order chi connectivity index (χ0) is 36.4. The number of aliphatic hydroxyl groups is 1. The molecule has 0 amide bonds. The Morgan fingerprint density at radius 2 is 0.820 bits per heavy atom. The van der Waals surface area contributed by atoms with Gasteiger partial charge in [-0.05, 0) is 70.6 Å². The van der Waals surface area contributed by atoms with Crippen LogP contribution in [0.5, 0.6) is 0 Å². The molecule has 0 aromatic rings. The fourth-order valence-corrected chi connectivity index (χ4v) is 5.86. The molecule has 290 valence electrons. The lowest BCUT2D eigenvalue weighted by atomic mass is 10.1. The molecule has 0 aromatic carbocycles. The molecule has 0 aliphatic rings. The largest absolute Gasteiger partial charge is 0.462 e. The number of esters is 2. The lowest BCUT2D eigenvalue weighted by molar-refractivity contribution is -0.161. The van der Waals surface area contributed by atoms with E-state index in [0.29, 0.717) is 19.3 Å². The highest BCUT2D eigenvalue weighted by molar-refractivity contribution is 5.70. The molecule has 1 atom stereocenters. The summed E-state index contributed by atoms with van der Waals surface area (Å²) in [5, 5.41) is 9.56. The van der Waals surface area contributed by atoms with Gasteiger partial charge in [0, 0.05) is 12.8 Å². The minimum absolute atomic E-state index is 0.0927. The summed E-state index contributed by atoms with van der Waals surface area (Å²) in [5.74, 6) is -0.652. The topological polar surface area (TPSA) is 72.8 Å². The molecule has 0 radical (unpaired) electrons. The Morgan fingerprint density at radius 3 is 1.28 bits per heavy atom. The van der Waals surface area contributed by atoms with Gasteiger partial charge in [-0.25, -0.2) is 0 Å². The molecule has 0 bridgehead atoms. The van der Waals surface area contributed by atoms with Gasteiger partial charge in [-0.1, -0.05) is 172 Å². The van der Waals surface area contributed by atoms with Gasteiger partial charge in [0.2, 0.25) is 0 Å². The Balaban J connectivity index is 3.61. The Bertz CT molecular complexity index is 842. The van der Waals surface area contributed by atoms with E-state index in [0.717, 1.165) is 38.5 Å². The summed E-state index contributed by atoms with van der Waals surface area (Å²) >= 11 is 0. The molecule has 1 N–H and O–H groups in total. The number of hydrogen-bond acceptors (Lipinski definition) is 5. The number of aliphatic hydroxyl groups excluding tert-OH is 1. The fraction of sp³-hybridized carbons (Fsp3) is 0.778. The molecule has 0 aliphatic carbocycles. The normalized spacial score (nSPS) is 12.6. The summed E-state index contributed by atoms with van der Waals surface area (Å²) in [6.45, 7) is 4.09. The number of hydrogen-bond donors (Lipinski definition) is 1. The lowest BCUT2D eigenvalue weighted by Gasteiger charge is -2.15. The molecule has 0 aromatic heterocycles. The highest BCUT2D eigenvalue weighted by Crippen LogP contribution is 2.13. The van der Waals surface area contributed by atoms with Crippen molar-refractivity contribution in [1.29, 1.82) is 0 Å². The first-order chi connectivity index (χ1) is 24.6. The molecule has 0 fully saturated rings. The van der Waals surface area contributed by atoms with E-state index >= 15 is 0 Å². The van der Waals surface area contributed by atoms with E-state index in [4.69, 9.17) is 9.47 Å². The van der Waals surface area contributed by atoms with Crippen LogP contribution in [0, 0.1) is 0 Å². The van der Waals surface area contributed by atoms with Gasteiger partial charge in [0.05, 0.1) is 6.61 Å². The van der Waals surface area contributed by atoms with E-state index in [1.54, 1.807) is 0 Å². The summed E-state index contributed by atoms with van der Waals surface area (Å²) in [5.41, 5.74) is 0. The summed E-state index contributed by atoms with van der Waals surface area (Å²) in [4.78, 5) is 24.3. The predicted molar refractivity (Wildman–Crippen MR) is 214 cm³/mol.